The minimum atomic E-state index is 0.846. The smallest absolute Gasteiger partial charge is 0.111 e. The first-order chi connectivity index (χ1) is 8.61. The molecule has 1 aromatic heterocycles. The van der Waals surface area contributed by atoms with E-state index in [-0.39, 0.29) is 0 Å². The highest BCUT2D eigenvalue weighted by Gasteiger charge is 2.10. The zero-order chi connectivity index (χ0) is 13.1. The summed E-state index contributed by atoms with van der Waals surface area (Å²) in [7, 11) is 1.97. The van der Waals surface area contributed by atoms with Gasteiger partial charge in [-0.3, -0.25) is 0 Å². The van der Waals surface area contributed by atoms with Crippen LogP contribution in [0, 0.1) is 6.92 Å². The van der Waals surface area contributed by atoms with E-state index < -0.39 is 0 Å². The molecule has 1 heterocycles. The van der Waals surface area contributed by atoms with E-state index in [0.29, 0.717) is 0 Å². The third-order valence-electron chi connectivity index (χ3n) is 3.01. The van der Waals surface area contributed by atoms with Gasteiger partial charge in [0.1, 0.15) is 5.82 Å². The average Bonchev–Trinajstić information content (AvgIpc) is 2.63. The molecule has 2 aromatic rings. The number of likely N-dealkylation sites (N-methyl/N-ethyl adjacent to an activating group) is 1. The number of imidazole rings is 1. The summed E-state index contributed by atoms with van der Waals surface area (Å²) in [5.41, 5.74) is 4.69. The summed E-state index contributed by atoms with van der Waals surface area (Å²) in [6.07, 6.45) is 0.942. The number of aryl methyl sites for hydroxylation is 1. The molecule has 1 N–H and O–H groups in total. The van der Waals surface area contributed by atoms with E-state index in [4.69, 9.17) is 4.98 Å². The second-order valence-electron chi connectivity index (χ2n) is 4.92. The zero-order valence-corrected chi connectivity index (χ0v) is 11.5. The third-order valence-corrected chi connectivity index (χ3v) is 3.01. The molecule has 18 heavy (non-hydrogen) atoms. The molecule has 3 nitrogen and oxygen atoms in total. The molecular formula is C15H21N3. The van der Waals surface area contributed by atoms with Gasteiger partial charge in [0.25, 0.3) is 0 Å². The highest BCUT2D eigenvalue weighted by molar-refractivity contribution is 5.77. The van der Waals surface area contributed by atoms with Crippen LogP contribution in [-0.4, -0.2) is 23.1 Å². The lowest BCUT2D eigenvalue weighted by molar-refractivity contribution is 0.692. The van der Waals surface area contributed by atoms with Gasteiger partial charge in [0.15, 0.2) is 0 Å². The van der Waals surface area contributed by atoms with E-state index >= 15 is 0 Å². The van der Waals surface area contributed by atoms with Crippen molar-refractivity contribution in [2.75, 3.05) is 13.6 Å². The number of hydrogen-bond donors (Lipinski definition) is 1. The molecule has 0 aliphatic rings. The van der Waals surface area contributed by atoms with Crippen LogP contribution in [0.3, 0.4) is 0 Å². The van der Waals surface area contributed by atoms with Gasteiger partial charge in [0.05, 0.1) is 11.0 Å². The van der Waals surface area contributed by atoms with Crippen molar-refractivity contribution in [2.45, 2.75) is 26.8 Å². The number of nitrogens with zero attached hydrogens (tertiary/aromatic N) is 2. The van der Waals surface area contributed by atoms with E-state index in [1.165, 1.54) is 11.1 Å². The standard InChI is InChI=1S/C15H21N3/c1-11(2)10-18-14-6-5-12(3)9-13(14)17-15(18)7-8-16-4/h5-6,9,16H,1,7-8,10H2,2-4H3. The molecule has 0 unspecified atom stereocenters. The molecule has 2 rings (SSSR count). The maximum Gasteiger partial charge on any atom is 0.111 e. The fourth-order valence-corrected chi connectivity index (χ4v) is 2.16. The lowest BCUT2D eigenvalue weighted by atomic mass is 10.2. The maximum atomic E-state index is 4.75. The predicted octanol–water partition coefficient (Wildman–Crippen LogP) is 2.68. The Balaban J connectivity index is 2.49. The van der Waals surface area contributed by atoms with Gasteiger partial charge in [0, 0.05) is 19.5 Å². The minimum absolute atomic E-state index is 0.846. The molecule has 0 fully saturated rings. The van der Waals surface area contributed by atoms with Crippen LogP contribution >= 0.6 is 0 Å². The molecule has 0 spiro atoms. The van der Waals surface area contributed by atoms with Crippen LogP contribution in [0.1, 0.15) is 18.3 Å². The average molecular weight is 243 g/mol. The Bertz CT molecular complexity index is 566. The molecular weight excluding hydrogens is 222 g/mol. The van der Waals surface area contributed by atoms with E-state index in [2.05, 4.69) is 48.5 Å². The fraction of sp³-hybridized carbons (Fsp3) is 0.400. The van der Waals surface area contributed by atoms with Crippen LogP contribution in [0.2, 0.25) is 0 Å². The Morgan fingerprint density at radius 3 is 2.89 bits per heavy atom. The van der Waals surface area contributed by atoms with Crippen LogP contribution in [0.5, 0.6) is 0 Å². The molecule has 0 saturated heterocycles. The van der Waals surface area contributed by atoms with Gasteiger partial charge >= 0.3 is 0 Å². The summed E-state index contributed by atoms with van der Waals surface area (Å²) >= 11 is 0. The first kappa shape index (κ1) is 12.8. The molecule has 0 amide bonds. The second-order valence-corrected chi connectivity index (χ2v) is 4.92. The predicted molar refractivity (Wildman–Crippen MR) is 76.9 cm³/mol. The number of aromatic nitrogens is 2. The monoisotopic (exact) mass is 243 g/mol. The van der Waals surface area contributed by atoms with Crippen LogP contribution in [-0.2, 0) is 13.0 Å². The van der Waals surface area contributed by atoms with Crippen LogP contribution in [0.4, 0.5) is 0 Å². The van der Waals surface area contributed by atoms with Crippen molar-refractivity contribution in [1.29, 1.82) is 0 Å². The Morgan fingerprint density at radius 2 is 2.22 bits per heavy atom. The molecule has 96 valence electrons. The van der Waals surface area contributed by atoms with Gasteiger partial charge in [-0.2, -0.15) is 0 Å². The van der Waals surface area contributed by atoms with E-state index in [9.17, 15) is 0 Å². The summed E-state index contributed by atoms with van der Waals surface area (Å²) in [6, 6.07) is 6.44. The van der Waals surface area contributed by atoms with E-state index in [0.717, 1.165) is 36.4 Å². The van der Waals surface area contributed by atoms with E-state index in [1.807, 2.05) is 7.05 Å². The number of allylic oxidation sites excluding steroid dienone is 1. The molecule has 0 radical (unpaired) electrons. The third kappa shape index (κ3) is 2.62. The Kier molecular flexibility index (Phi) is 3.82. The summed E-state index contributed by atoms with van der Waals surface area (Å²) in [4.78, 5) is 4.75. The molecule has 0 aliphatic heterocycles. The number of benzene rings is 1. The lowest BCUT2D eigenvalue weighted by Gasteiger charge is -2.08. The van der Waals surface area contributed by atoms with Gasteiger partial charge in [-0.1, -0.05) is 18.2 Å². The van der Waals surface area contributed by atoms with Crippen molar-refractivity contribution in [2.24, 2.45) is 0 Å². The van der Waals surface area contributed by atoms with Crippen molar-refractivity contribution < 1.29 is 0 Å². The van der Waals surface area contributed by atoms with Gasteiger partial charge < -0.3 is 9.88 Å². The number of fused-ring (bicyclic) bond motifs is 1. The van der Waals surface area contributed by atoms with Crippen molar-refractivity contribution in [3.63, 3.8) is 0 Å². The number of nitrogens with one attached hydrogen (secondary N) is 1. The quantitative estimate of drug-likeness (QED) is 0.818. The topological polar surface area (TPSA) is 29.9 Å². The van der Waals surface area contributed by atoms with Crippen LogP contribution in [0.15, 0.2) is 30.4 Å². The first-order valence-corrected chi connectivity index (χ1v) is 6.36. The summed E-state index contributed by atoms with van der Waals surface area (Å²) in [6.45, 7) is 9.96. The van der Waals surface area contributed by atoms with Crippen molar-refractivity contribution in [3.05, 3.63) is 41.7 Å². The number of hydrogen-bond acceptors (Lipinski definition) is 2. The Morgan fingerprint density at radius 1 is 1.44 bits per heavy atom. The summed E-state index contributed by atoms with van der Waals surface area (Å²) < 4.78 is 2.27. The van der Waals surface area contributed by atoms with Gasteiger partial charge in [-0.15, -0.1) is 0 Å². The second kappa shape index (κ2) is 5.36. The maximum absolute atomic E-state index is 4.75. The minimum Gasteiger partial charge on any atom is -0.324 e. The van der Waals surface area contributed by atoms with E-state index in [1.54, 1.807) is 0 Å². The Hall–Kier alpha value is -1.61. The largest absolute Gasteiger partial charge is 0.324 e. The molecule has 1 aromatic carbocycles. The molecule has 0 saturated carbocycles. The van der Waals surface area contributed by atoms with Gasteiger partial charge in [0.2, 0.25) is 0 Å². The Labute approximate surface area is 109 Å². The van der Waals surface area contributed by atoms with Crippen LogP contribution in [0.25, 0.3) is 11.0 Å². The summed E-state index contributed by atoms with van der Waals surface area (Å²) in [5.74, 6) is 1.13. The molecule has 3 heteroatoms. The van der Waals surface area contributed by atoms with Crippen molar-refractivity contribution >= 4 is 11.0 Å². The van der Waals surface area contributed by atoms with Crippen molar-refractivity contribution in [3.8, 4) is 0 Å². The molecule has 0 aliphatic carbocycles. The number of rotatable bonds is 5. The highest BCUT2D eigenvalue weighted by Crippen LogP contribution is 2.19. The molecule has 0 bridgehead atoms. The molecule has 0 atom stereocenters. The van der Waals surface area contributed by atoms with Gasteiger partial charge in [-0.25, -0.2) is 4.98 Å². The van der Waals surface area contributed by atoms with Gasteiger partial charge in [-0.05, 0) is 38.6 Å². The highest BCUT2D eigenvalue weighted by atomic mass is 15.1. The lowest BCUT2D eigenvalue weighted by Crippen LogP contribution is -2.14. The van der Waals surface area contributed by atoms with Crippen LogP contribution < -0.4 is 5.32 Å². The SMILES string of the molecule is C=C(C)Cn1c(CCNC)nc2cc(C)ccc21. The van der Waals surface area contributed by atoms with Crippen molar-refractivity contribution in [1.82, 2.24) is 14.9 Å². The summed E-state index contributed by atoms with van der Waals surface area (Å²) in [5, 5.41) is 3.18. The first-order valence-electron chi connectivity index (χ1n) is 6.36. The fourth-order valence-electron chi connectivity index (χ4n) is 2.16. The normalized spacial score (nSPS) is 11.1. The zero-order valence-electron chi connectivity index (χ0n) is 11.5.